The minimum Gasteiger partial charge on any atom is -0.399 e. The first-order valence-electron chi connectivity index (χ1n) is 3.27. The Bertz CT molecular complexity index is 437. The third-order valence-electron chi connectivity index (χ3n) is 1.59. The lowest BCUT2D eigenvalue weighted by atomic mass is 10.2. The van der Waals surface area contributed by atoms with E-state index in [1.54, 1.807) is 6.07 Å². The fraction of sp³-hybridized carbons (Fsp3) is 0. The van der Waals surface area contributed by atoms with Crippen LogP contribution in [-0.4, -0.2) is 10.2 Å². The molecule has 0 bridgehead atoms. The summed E-state index contributed by atoms with van der Waals surface area (Å²) in [7, 11) is 0. The molecule has 2 rings (SSSR count). The fourth-order valence-corrected chi connectivity index (χ4v) is 1.25. The van der Waals surface area contributed by atoms with Gasteiger partial charge in [-0.25, -0.2) is 4.39 Å². The van der Waals surface area contributed by atoms with Gasteiger partial charge in [0.1, 0.15) is 10.7 Å². The number of anilines is 1. The molecule has 5 heteroatoms. The second-order valence-electron chi connectivity index (χ2n) is 2.44. The number of nitrogens with one attached hydrogen (secondary N) is 1. The molecule has 0 aliphatic rings. The maximum Gasteiger partial charge on any atom is 0.153 e. The van der Waals surface area contributed by atoms with Crippen LogP contribution in [0, 0.1) is 5.82 Å². The maximum atomic E-state index is 13.0. The van der Waals surface area contributed by atoms with Crippen LogP contribution in [0.1, 0.15) is 0 Å². The fourth-order valence-electron chi connectivity index (χ4n) is 1.07. The van der Waals surface area contributed by atoms with Gasteiger partial charge < -0.3 is 5.73 Å². The predicted molar refractivity (Wildman–Crippen MR) is 45.5 cm³/mol. The Balaban J connectivity index is 2.92. The van der Waals surface area contributed by atoms with Crippen LogP contribution in [-0.2, 0) is 0 Å². The minimum atomic E-state index is -0.465. The van der Waals surface area contributed by atoms with Crippen LogP contribution in [0.15, 0.2) is 12.1 Å². The lowest BCUT2D eigenvalue weighted by molar-refractivity contribution is 0.637. The lowest BCUT2D eigenvalue weighted by Crippen LogP contribution is -1.86. The van der Waals surface area contributed by atoms with Crippen molar-refractivity contribution >= 4 is 28.2 Å². The number of nitrogens with zero attached hydrogens (tertiary/aromatic N) is 1. The van der Waals surface area contributed by atoms with Gasteiger partial charge in [0.2, 0.25) is 0 Å². The number of hydrogen-bond acceptors (Lipinski definition) is 2. The Morgan fingerprint density at radius 2 is 2.25 bits per heavy atom. The number of H-pyrrole nitrogens is 1. The first-order valence-corrected chi connectivity index (χ1v) is 3.65. The summed E-state index contributed by atoms with van der Waals surface area (Å²) in [4.78, 5) is 0. The van der Waals surface area contributed by atoms with Crippen molar-refractivity contribution in [3.05, 3.63) is 23.1 Å². The van der Waals surface area contributed by atoms with E-state index in [1.807, 2.05) is 0 Å². The van der Waals surface area contributed by atoms with Crippen LogP contribution < -0.4 is 5.73 Å². The quantitative estimate of drug-likeness (QED) is 0.617. The molecule has 1 aromatic heterocycles. The zero-order chi connectivity index (χ0) is 8.72. The topological polar surface area (TPSA) is 54.7 Å². The second-order valence-corrected chi connectivity index (χ2v) is 2.81. The van der Waals surface area contributed by atoms with Gasteiger partial charge in [0, 0.05) is 11.1 Å². The van der Waals surface area contributed by atoms with Gasteiger partial charge in [-0.2, -0.15) is 5.10 Å². The molecule has 12 heavy (non-hydrogen) atoms. The molecule has 62 valence electrons. The summed E-state index contributed by atoms with van der Waals surface area (Å²) in [5, 5.41) is 6.95. The molecule has 0 unspecified atom stereocenters. The van der Waals surface area contributed by atoms with Gasteiger partial charge in [-0.05, 0) is 12.1 Å². The highest BCUT2D eigenvalue weighted by molar-refractivity contribution is 6.34. The largest absolute Gasteiger partial charge is 0.399 e. The van der Waals surface area contributed by atoms with Gasteiger partial charge in [0.15, 0.2) is 5.82 Å². The zero-order valence-corrected chi connectivity index (χ0v) is 6.69. The van der Waals surface area contributed by atoms with Crippen LogP contribution in [0.4, 0.5) is 10.1 Å². The highest BCUT2D eigenvalue weighted by Crippen LogP contribution is 2.24. The van der Waals surface area contributed by atoms with E-state index in [1.165, 1.54) is 6.07 Å². The van der Waals surface area contributed by atoms with Crippen LogP contribution in [0.25, 0.3) is 10.9 Å². The molecule has 3 nitrogen and oxygen atoms in total. The van der Waals surface area contributed by atoms with Gasteiger partial charge >= 0.3 is 0 Å². The van der Waals surface area contributed by atoms with Crippen molar-refractivity contribution in [2.75, 3.05) is 5.73 Å². The number of aromatic nitrogens is 2. The minimum absolute atomic E-state index is 0.217. The molecule has 0 fully saturated rings. The van der Waals surface area contributed by atoms with Crippen molar-refractivity contribution in [3.8, 4) is 0 Å². The number of hydrogen-bond donors (Lipinski definition) is 2. The van der Waals surface area contributed by atoms with E-state index in [0.29, 0.717) is 16.2 Å². The van der Waals surface area contributed by atoms with Crippen LogP contribution in [0.5, 0.6) is 0 Å². The summed E-state index contributed by atoms with van der Waals surface area (Å²) >= 11 is 5.68. The van der Waals surface area contributed by atoms with Crippen LogP contribution >= 0.6 is 11.6 Å². The molecule has 0 saturated carbocycles. The van der Waals surface area contributed by atoms with Gasteiger partial charge in [-0.3, -0.25) is 5.10 Å². The number of halogens is 2. The Labute approximate surface area is 72.3 Å². The van der Waals surface area contributed by atoms with E-state index in [0.717, 1.165) is 0 Å². The maximum absolute atomic E-state index is 13.0. The standard InChI is InChI=1S/C7H5ClFN3/c8-7-4-1-3(10)2-5(9)6(4)11-12-7/h1-2H,10H2,(H,11,12). The highest BCUT2D eigenvalue weighted by Gasteiger charge is 2.08. The first-order chi connectivity index (χ1) is 5.68. The van der Waals surface area contributed by atoms with Gasteiger partial charge in [0.05, 0.1) is 0 Å². The average molecular weight is 186 g/mol. The predicted octanol–water partition coefficient (Wildman–Crippen LogP) is 1.94. The average Bonchev–Trinajstić information content (AvgIpc) is 2.33. The van der Waals surface area contributed by atoms with E-state index >= 15 is 0 Å². The molecule has 0 spiro atoms. The van der Waals surface area contributed by atoms with E-state index in [2.05, 4.69) is 10.2 Å². The molecule has 0 amide bonds. The SMILES string of the molecule is Nc1cc(F)c2n[nH]c(Cl)c2c1. The molecule has 3 N–H and O–H groups in total. The van der Waals surface area contributed by atoms with Gasteiger partial charge in [-0.1, -0.05) is 11.6 Å². The van der Waals surface area contributed by atoms with E-state index in [-0.39, 0.29) is 5.52 Å². The van der Waals surface area contributed by atoms with Crippen LogP contribution in [0.3, 0.4) is 0 Å². The third kappa shape index (κ3) is 0.921. The van der Waals surface area contributed by atoms with Crippen LogP contribution in [0.2, 0.25) is 5.15 Å². The van der Waals surface area contributed by atoms with Crippen molar-refractivity contribution in [1.29, 1.82) is 0 Å². The summed E-state index contributed by atoms with van der Waals surface area (Å²) < 4.78 is 13.0. The number of fused-ring (bicyclic) bond motifs is 1. The lowest BCUT2D eigenvalue weighted by Gasteiger charge is -1.93. The molecule has 2 aromatic rings. The number of nitrogens with two attached hydrogens (primary N) is 1. The molecule has 1 aromatic carbocycles. The number of aromatic amines is 1. The second kappa shape index (κ2) is 2.35. The summed E-state index contributed by atoms with van der Waals surface area (Å²) in [5.74, 6) is -0.465. The molecule has 1 heterocycles. The van der Waals surface area contributed by atoms with Crippen molar-refractivity contribution in [2.45, 2.75) is 0 Å². The van der Waals surface area contributed by atoms with Crippen molar-refractivity contribution < 1.29 is 4.39 Å². The Morgan fingerprint density at radius 1 is 1.50 bits per heavy atom. The van der Waals surface area contributed by atoms with E-state index < -0.39 is 5.82 Å². The molecule has 0 radical (unpaired) electrons. The smallest absolute Gasteiger partial charge is 0.153 e. The van der Waals surface area contributed by atoms with Gasteiger partial charge in [0.25, 0.3) is 0 Å². The Kier molecular flexibility index (Phi) is 1.44. The molecular formula is C7H5ClFN3. The molecule has 0 aliphatic carbocycles. The summed E-state index contributed by atoms with van der Waals surface area (Å²) in [6, 6.07) is 2.78. The normalized spacial score (nSPS) is 10.8. The van der Waals surface area contributed by atoms with E-state index in [4.69, 9.17) is 17.3 Å². The molecule has 0 atom stereocenters. The van der Waals surface area contributed by atoms with Gasteiger partial charge in [-0.15, -0.1) is 0 Å². The molecule has 0 aliphatic heterocycles. The summed E-state index contributed by atoms with van der Waals surface area (Å²) in [5.41, 5.74) is 5.97. The van der Waals surface area contributed by atoms with Crippen molar-refractivity contribution in [2.24, 2.45) is 0 Å². The Morgan fingerprint density at radius 3 is 3.00 bits per heavy atom. The monoisotopic (exact) mass is 185 g/mol. The summed E-state index contributed by atoms with van der Waals surface area (Å²) in [6.45, 7) is 0. The first kappa shape index (κ1) is 7.36. The molecule has 0 saturated heterocycles. The van der Waals surface area contributed by atoms with E-state index in [9.17, 15) is 4.39 Å². The van der Waals surface area contributed by atoms with Crippen molar-refractivity contribution in [1.82, 2.24) is 10.2 Å². The number of rotatable bonds is 0. The highest BCUT2D eigenvalue weighted by atomic mass is 35.5. The zero-order valence-electron chi connectivity index (χ0n) is 5.94. The third-order valence-corrected chi connectivity index (χ3v) is 1.88. The Hall–Kier alpha value is -1.29. The van der Waals surface area contributed by atoms with Crippen molar-refractivity contribution in [3.63, 3.8) is 0 Å². The number of benzene rings is 1. The molecular weight excluding hydrogens is 181 g/mol. The summed E-state index contributed by atoms with van der Waals surface area (Å²) in [6.07, 6.45) is 0. The number of nitrogen functional groups attached to an aromatic ring is 1.